The molecular weight excluding hydrogens is 284 g/mol. The molecule has 3 rings (SSSR count). The maximum atomic E-state index is 5.87. The smallest absolute Gasteiger partial charge is 0.151 e. The molecule has 3 N–H and O–H groups in total. The highest BCUT2D eigenvalue weighted by Gasteiger charge is 2.25. The number of nitrogens with one attached hydrogen (secondary N) is 1. The van der Waals surface area contributed by atoms with Gasteiger partial charge in [-0.05, 0) is 31.7 Å². The van der Waals surface area contributed by atoms with Gasteiger partial charge in [0.2, 0.25) is 0 Å². The zero-order valence-electron chi connectivity index (χ0n) is 11.9. The molecule has 0 amide bonds. The van der Waals surface area contributed by atoms with Crippen molar-refractivity contribution >= 4 is 35.1 Å². The average molecular weight is 302 g/mol. The van der Waals surface area contributed by atoms with E-state index in [1.165, 1.54) is 0 Å². The van der Waals surface area contributed by atoms with Crippen LogP contribution < -0.4 is 11.1 Å². The molecule has 2 heterocycles. The summed E-state index contributed by atoms with van der Waals surface area (Å²) in [6, 6.07) is 2.48. The van der Waals surface area contributed by atoms with Crippen molar-refractivity contribution in [3.05, 3.63) is 18.0 Å². The first kappa shape index (κ1) is 14.1. The second-order valence-electron chi connectivity index (χ2n) is 5.35. The molecule has 2 aromatic rings. The number of hydrogen-bond donors (Lipinski definition) is 2. The Morgan fingerprint density at radius 1 is 1.43 bits per heavy atom. The Morgan fingerprint density at radius 3 is 3.00 bits per heavy atom. The van der Waals surface area contributed by atoms with E-state index < -0.39 is 0 Å². The summed E-state index contributed by atoms with van der Waals surface area (Å²) in [6.45, 7) is 2.06. The van der Waals surface area contributed by atoms with Crippen molar-refractivity contribution in [3.63, 3.8) is 0 Å². The van der Waals surface area contributed by atoms with Gasteiger partial charge in [-0.25, -0.2) is 19.3 Å². The summed E-state index contributed by atoms with van der Waals surface area (Å²) in [6.07, 6.45) is 5.52. The van der Waals surface area contributed by atoms with E-state index in [-0.39, 0.29) is 6.04 Å². The Kier molecular flexibility index (Phi) is 3.92. The van der Waals surface area contributed by atoms with Crippen LogP contribution in [0.2, 0.25) is 0 Å². The van der Waals surface area contributed by atoms with Gasteiger partial charge in [0, 0.05) is 24.7 Å². The van der Waals surface area contributed by atoms with Crippen LogP contribution in [0.3, 0.4) is 0 Å². The monoisotopic (exact) mass is 302 g/mol. The highest BCUT2D eigenvalue weighted by molar-refractivity contribution is 7.47. The molecule has 1 aliphatic rings. The van der Waals surface area contributed by atoms with Crippen molar-refractivity contribution in [2.24, 2.45) is 4.36 Å². The summed E-state index contributed by atoms with van der Waals surface area (Å²) in [5.41, 5.74) is 8.23. The Labute approximate surface area is 128 Å². The molecule has 110 valence electrons. The Balaban J connectivity index is 1.92. The minimum Gasteiger partial charge on any atom is -0.382 e. The Bertz CT molecular complexity index is 674. The summed E-state index contributed by atoms with van der Waals surface area (Å²) < 4.78 is 3.97. The fourth-order valence-electron chi connectivity index (χ4n) is 2.78. The number of hydrogen-bond acceptors (Lipinski definition) is 7. The minimum absolute atomic E-state index is 0.288. The van der Waals surface area contributed by atoms with Gasteiger partial charge in [0.25, 0.3) is 0 Å². The number of aryl methyl sites for hydroxylation is 1. The summed E-state index contributed by atoms with van der Waals surface area (Å²) in [5, 5.41) is 3.50. The van der Waals surface area contributed by atoms with E-state index in [2.05, 4.69) is 31.6 Å². The van der Waals surface area contributed by atoms with Crippen LogP contribution in [0, 0.1) is 0 Å². The van der Waals surface area contributed by atoms with Crippen LogP contribution in [0.1, 0.15) is 31.9 Å². The number of rotatable bonds is 4. The number of nitrogens with two attached hydrogens (primary N) is 1. The highest BCUT2D eigenvalue weighted by atomic mass is 32.1. The first-order chi connectivity index (χ1) is 10.2. The first-order valence-electron chi connectivity index (χ1n) is 7.21. The van der Waals surface area contributed by atoms with Gasteiger partial charge in [-0.3, -0.25) is 0 Å². The van der Waals surface area contributed by atoms with Gasteiger partial charge in [-0.2, -0.15) is 0 Å². The first-order valence-corrected chi connectivity index (χ1v) is 7.58. The van der Waals surface area contributed by atoms with Crippen LogP contribution in [0.4, 0.5) is 11.6 Å². The van der Waals surface area contributed by atoms with E-state index in [9.17, 15) is 0 Å². The van der Waals surface area contributed by atoms with Crippen LogP contribution in [0.15, 0.2) is 16.6 Å². The molecular formula is C14H18N6S. The number of nitrogen functional groups attached to an aromatic ring is 1. The molecule has 2 aromatic heterocycles. The molecule has 0 unspecified atom stereocenters. The predicted molar refractivity (Wildman–Crippen MR) is 86.0 cm³/mol. The molecule has 0 aromatic carbocycles. The van der Waals surface area contributed by atoms with Crippen molar-refractivity contribution in [1.29, 1.82) is 0 Å². The normalized spacial score (nSPS) is 21.6. The third-order valence-corrected chi connectivity index (χ3v) is 4.21. The predicted octanol–water partition coefficient (Wildman–Crippen LogP) is 2.23. The summed E-state index contributed by atoms with van der Waals surface area (Å²) in [5.74, 6) is 1.26. The maximum absolute atomic E-state index is 5.87. The second-order valence-corrected chi connectivity index (χ2v) is 5.56. The van der Waals surface area contributed by atoms with Crippen molar-refractivity contribution in [3.8, 4) is 0 Å². The average Bonchev–Trinajstić information content (AvgIpc) is 2.95. The van der Waals surface area contributed by atoms with E-state index in [1.807, 2.05) is 6.07 Å². The zero-order valence-corrected chi connectivity index (χ0v) is 12.7. The highest BCUT2D eigenvalue weighted by Crippen LogP contribution is 2.27. The number of anilines is 2. The lowest BCUT2D eigenvalue weighted by atomic mass is 10.2. The summed E-state index contributed by atoms with van der Waals surface area (Å²) in [7, 11) is 0. The standard InChI is InChI=1S/C14H18N6S/c1-2-10-14(17-8-3-4-9(7-8)20-21)19-11-5-6-16-13(15)12(11)18-10/h5-6,8-9H,2-4,7H2,1H3,(H2,15,16)(H,17,19)/t8-,9+/m1/s1. The van der Waals surface area contributed by atoms with Crippen molar-refractivity contribution in [2.45, 2.75) is 44.7 Å². The van der Waals surface area contributed by atoms with Crippen molar-refractivity contribution in [2.75, 3.05) is 11.1 Å². The second kappa shape index (κ2) is 5.85. The maximum Gasteiger partial charge on any atom is 0.151 e. The van der Waals surface area contributed by atoms with Gasteiger partial charge in [-0.1, -0.05) is 6.92 Å². The molecule has 1 saturated carbocycles. The summed E-state index contributed by atoms with van der Waals surface area (Å²) >= 11 is 4.80. The lowest BCUT2D eigenvalue weighted by Gasteiger charge is -2.16. The molecule has 0 radical (unpaired) electrons. The molecule has 1 aliphatic carbocycles. The van der Waals surface area contributed by atoms with Gasteiger partial charge in [0.15, 0.2) is 5.82 Å². The number of fused-ring (bicyclic) bond motifs is 1. The third-order valence-electron chi connectivity index (χ3n) is 3.91. The van der Waals surface area contributed by atoms with Crippen LogP contribution in [-0.2, 0) is 18.8 Å². The van der Waals surface area contributed by atoms with Crippen LogP contribution in [-0.4, -0.2) is 27.0 Å². The molecule has 0 bridgehead atoms. The van der Waals surface area contributed by atoms with Crippen LogP contribution in [0.5, 0.6) is 0 Å². The Hall–Kier alpha value is -1.89. The van der Waals surface area contributed by atoms with E-state index in [1.54, 1.807) is 6.20 Å². The zero-order chi connectivity index (χ0) is 14.8. The fraction of sp³-hybridized carbons (Fsp3) is 0.500. The van der Waals surface area contributed by atoms with E-state index in [0.29, 0.717) is 17.4 Å². The van der Waals surface area contributed by atoms with Crippen molar-refractivity contribution in [1.82, 2.24) is 15.0 Å². The molecule has 6 nitrogen and oxygen atoms in total. The van der Waals surface area contributed by atoms with Crippen LogP contribution in [0.25, 0.3) is 11.0 Å². The van der Waals surface area contributed by atoms with Gasteiger partial charge in [0.05, 0.1) is 17.3 Å². The minimum atomic E-state index is 0.288. The van der Waals surface area contributed by atoms with Gasteiger partial charge in [-0.15, -0.1) is 0 Å². The molecule has 7 heteroatoms. The van der Waals surface area contributed by atoms with Crippen LogP contribution >= 0.6 is 0 Å². The largest absolute Gasteiger partial charge is 0.382 e. The number of aromatic nitrogens is 3. The van der Waals surface area contributed by atoms with E-state index in [0.717, 1.165) is 42.7 Å². The summed E-state index contributed by atoms with van der Waals surface area (Å²) in [4.78, 5) is 13.4. The fourth-order valence-corrected chi connectivity index (χ4v) is 2.97. The van der Waals surface area contributed by atoms with Gasteiger partial charge in [0.1, 0.15) is 11.3 Å². The molecule has 1 fully saturated rings. The number of nitrogens with zero attached hydrogens (tertiary/aromatic N) is 4. The molecule has 2 atom stereocenters. The molecule has 21 heavy (non-hydrogen) atoms. The Morgan fingerprint density at radius 2 is 2.29 bits per heavy atom. The molecule has 0 aliphatic heterocycles. The third kappa shape index (κ3) is 2.78. The SMILES string of the molecule is CCc1nc2c(N)nccc2nc1N[C@@H]1CC[C@H](N=S)C1. The molecule has 0 saturated heterocycles. The van der Waals surface area contributed by atoms with E-state index >= 15 is 0 Å². The van der Waals surface area contributed by atoms with Gasteiger partial charge >= 0.3 is 0 Å². The lowest BCUT2D eigenvalue weighted by molar-refractivity contribution is 0.697. The number of pyridine rings is 1. The topological polar surface area (TPSA) is 89.1 Å². The quantitative estimate of drug-likeness (QED) is 0.900. The van der Waals surface area contributed by atoms with Crippen molar-refractivity contribution < 1.29 is 0 Å². The molecule has 0 spiro atoms. The lowest BCUT2D eigenvalue weighted by Crippen LogP contribution is -2.19. The van der Waals surface area contributed by atoms with E-state index in [4.69, 9.17) is 18.2 Å². The van der Waals surface area contributed by atoms with Gasteiger partial charge < -0.3 is 11.1 Å².